The van der Waals surface area contributed by atoms with Gasteiger partial charge in [0.15, 0.2) is 0 Å². The highest BCUT2D eigenvalue weighted by Gasteiger charge is 2.29. The largest absolute Gasteiger partial charge is 0.376 e. The lowest BCUT2D eigenvalue weighted by atomic mass is 10.1. The van der Waals surface area contributed by atoms with E-state index in [-0.39, 0.29) is 41.7 Å². The molecule has 0 saturated carbocycles. The number of rotatable bonds is 9. The molecule has 2 amide bonds. The second-order valence-corrected chi connectivity index (χ2v) is 11.2. The van der Waals surface area contributed by atoms with Crippen LogP contribution in [-0.2, 0) is 26.9 Å². The molecule has 0 unspecified atom stereocenters. The van der Waals surface area contributed by atoms with Gasteiger partial charge in [-0.2, -0.15) is 0 Å². The van der Waals surface area contributed by atoms with Crippen LogP contribution < -0.4 is 5.32 Å². The van der Waals surface area contributed by atoms with E-state index in [1.165, 1.54) is 0 Å². The summed E-state index contributed by atoms with van der Waals surface area (Å²) in [6.07, 6.45) is 3.46. The number of hydrogen-bond acceptors (Lipinski definition) is 5. The Hall–Kier alpha value is -2.39. The van der Waals surface area contributed by atoms with Crippen molar-refractivity contribution < 1.29 is 17.9 Å². The van der Waals surface area contributed by atoms with Gasteiger partial charge in [0, 0.05) is 25.2 Å². The fourth-order valence-electron chi connectivity index (χ4n) is 4.11. The molecule has 9 heteroatoms. The number of ether oxygens (including phenoxy) is 1. The molecule has 33 heavy (non-hydrogen) atoms. The molecule has 1 aliphatic rings. The molecule has 1 N–H and O–H groups in total. The third kappa shape index (κ3) is 6.35. The predicted molar refractivity (Wildman–Crippen MR) is 128 cm³/mol. The van der Waals surface area contributed by atoms with Crippen molar-refractivity contribution in [3.8, 4) is 0 Å². The average molecular weight is 477 g/mol. The summed E-state index contributed by atoms with van der Waals surface area (Å²) in [5.41, 5.74) is 2.37. The fraction of sp³-hybridized carbons (Fsp3) is 0.583. The SMILES string of the molecule is Cc1ccccc1CS(=O)(=O)c1ncc(CN(C[C@@H]2CCCO2)C(=O)NC(C)C)n1C(C)C. The van der Waals surface area contributed by atoms with Crippen LogP contribution in [-0.4, -0.2) is 54.2 Å². The molecule has 2 aromatic rings. The highest BCUT2D eigenvalue weighted by molar-refractivity contribution is 7.90. The van der Waals surface area contributed by atoms with Gasteiger partial charge in [-0.1, -0.05) is 24.3 Å². The summed E-state index contributed by atoms with van der Waals surface area (Å²) in [6, 6.07) is 7.13. The molecule has 1 aromatic heterocycles. The molecule has 1 aromatic carbocycles. The van der Waals surface area contributed by atoms with Gasteiger partial charge in [0.25, 0.3) is 0 Å². The fourth-order valence-corrected chi connectivity index (χ4v) is 5.81. The second kappa shape index (κ2) is 10.7. The van der Waals surface area contributed by atoms with E-state index in [0.29, 0.717) is 18.8 Å². The number of benzene rings is 1. The molecule has 1 fully saturated rings. The van der Waals surface area contributed by atoms with Crippen LogP contribution in [0.25, 0.3) is 0 Å². The molecular formula is C24H36N4O4S. The minimum Gasteiger partial charge on any atom is -0.376 e. The third-order valence-corrected chi connectivity index (χ3v) is 7.29. The smallest absolute Gasteiger partial charge is 0.318 e. The lowest BCUT2D eigenvalue weighted by Crippen LogP contribution is -2.45. The molecule has 0 bridgehead atoms. The van der Waals surface area contributed by atoms with Gasteiger partial charge in [-0.25, -0.2) is 18.2 Å². The van der Waals surface area contributed by atoms with Gasteiger partial charge >= 0.3 is 6.03 Å². The summed E-state index contributed by atoms with van der Waals surface area (Å²) in [4.78, 5) is 18.9. The molecule has 0 radical (unpaired) electrons. The number of urea groups is 1. The first-order valence-corrected chi connectivity index (χ1v) is 13.2. The zero-order valence-electron chi connectivity index (χ0n) is 20.2. The maximum atomic E-state index is 13.3. The van der Waals surface area contributed by atoms with E-state index in [4.69, 9.17) is 4.74 Å². The highest BCUT2D eigenvalue weighted by atomic mass is 32.2. The quantitative estimate of drug-likeness (QED) is 0.593. The Kier molecular flexibility index (Phi) is 8.18. The Morgan fingerprint density at radius 1 is 1.27 bits per heavy atom. The van der Waals surface area contributed by atoms with Crippen molar-refractivity contribution in [2.75, 3.05) is 13.2 Å². The molecule has 2 heterocycles. The summed E-state index contributed by atoms with van der Waals surface area (Å²) in [5.74, 6) is -0.115. The second-order valence-electron chi connectivity index (χ2n) is 9.30. The molecule has 1 saturated heterocycles. The van der Waals surface area contributed by atoms with E-state index in [1.54, 1.807) is 15.7 Å². The van der Waals surface area contributed by atoms with Crippen molar-refractivity contribution in [1.29, 1.82) is 0 Å². The molecule has 1 atom stereocenters. The summed E-state index contributed by atoms with van der Waals surface area (Å²) >= 11 is 0. The summed E-state index contributed by atoms with van der Waals surface area (Å²) in [6.45, 7) is 11.0. The molecule has 182 valence electrons. The van der Waals surface area contributed by atoms with Crippen molar-refractivity contribution in [2.24, 2.45) is 0 Å². The van der Waals surface area contributed by atoms with Crippen LogP contribution in [0.5, 0.6) is 0 Å². The number of carbonyl (C=O) groups excluding carboxylic acids is 1. The number of imidazole rings is 1. The Bertz CT molecular complexity index is 1060. The Morgan fingerprint density at radius 2 is 2.00 bits per heavy atom. The Morgan fingerprint density at radius 3 is 2.61 bits per heavy atom. The third-order valence-electron chi connectivity index (χ3n) is 5.74. The van der Waals surface area contributed by atoms with E-state index in [0.717, 1.165) is 24.0 Å². The van der Waals surface area contributed by atoms with E-state index >= 15 is 0 Å². The van der Waals surface area contributed by atoms with Crippen molar-refractivity contribution in [2.45, 2.75) is 83.1 Å². The molecule has 0 aliphatic carbocycles. The van der Waals surface area contributed by atoms with Gasteiger partial charge in [-0.15, -0.1) is 0 Å². The van der Waals surface area contributed by atoms with E-state index < -0.39 is 9.84 Å². The van der Waals surface area contributed by atoms with Crippen molar-refractivity contribution in [3.05, 3.63) is 47.3 Å². The minimum atomic E-state index is -3.68. The number of amides is 2. The van der Waals surface area contributed by atoms with Crippen LogP contribution >= 0.6 is 0 Å². The Labute approximate surface area is 197 Å². The van der Waals surface area contributed by atoms with Gasteiger partial charge < -0.3 is 19.5 Å². The molecule has 1 aliphatic heterocycles. The normalized spacial score (nSPS) is 16.5. The number of nitrogens with one attached hydrogen (secondary N) is 1. The number of hydrogen-bond donors (Lipinski definition) is 1. The lowest BCUT2D eigenvalue weighted by molar-refractivity contribution is 0.0783. The maximum Gasteiger partial charge on any atom is 0.318 e. The van der Waals surface area contributed by atoms with Gasteiger partial charge in [-0.3, -0.25) is 0 Å². The standard InChI is InChI=1S/C24H36N4O4S/c1-17(2)26-23(29)27(15-22-11-8-12-32-22)14-21-13-25-24(28(21)18(3)4)33(30,31)16-20-10-7-6-9-19(20)5/h6-7,9-10,13,17-18,22H,8,11-12,14-16H2,1-5H3,(H,26,29)/t22-/m0/s1. The highest BCUT2D eigenvalue weighted by Crippen LogP contribution is 2.24. The van der Waals surface area contributed by atoms with Crippen LogP contribution in [0.4, 0.5) is 4.79 Å². The van der Waals surface area contributed by atoms with Crippen LogP contribution in [0.1, 0.15) is 63.4 Å². The first-order valence-electron chi connectivity index (χ1n) is 11.6. The Balaban J connectivity index is 1.90. The van der Waals surface area contributed by atoms with Crippen LogP contribution in [0.2, 0.25) is 0 Å². The van der Waals surface area contributed by atoms with Gasteiger partial charge in [0.1, 0.15) is 0 Å². The van der Waals surface area contributed by atoms with Crippen LogP contribution in [0.3, 0.4) is 0 Å². The van der Waals surface area contributed by atoms with Crippen molar-refractivity contribution in [1.82, 2.24) is 19.8 Å². The van der Waals surface area contributed by atoms with Crippen molar-refractivity contribution in [3.63, 3.8) is 0 Å². The monoisotopic (exact) mass is 476 g/mol. The average Bonchev–Trinajstić information content (AvgIpc) is 3.39. The van der Waals surface area contributed by atoms with Crippen molar-refractivity contribution >= 4 is 15.9 Å². The summed E-state index contributed by atoms with van der Waals surface area (Å²) in [7, 11) is -3.68. The summed E-state index contributed by atoms with van der Waals surface area (Å²) < 4.78 is 34.2. The zero-order valence-corrected chi connectivity index (χ0v) is 21.1. The lowest BCUT2D eigenvalue weighted by Gasteiger charge is -2.27. The van der Waals surface area contributed by atoms with E-state index in [9.17, 15) is 13.2 Å². The number of aromatic nitrogens is 2. The molecule has 8 nitrogen and oxygen atoms in total. The maximum absolute atomic E-state index is 13.3. The minimum absolute atomic E-state index is 0.00967. The zero-order chi connectivity index (χ0) is 24.2. The summed E-state index contributed by atoms with van der Waals surface area (Å²) in [5, 5.41) is 2.98. The first kappa shape index (κ1) is 25.2. The topological polar surface area (TPSA) is 93.5 Å². The number of nitrogens with zero attached hydrogens (tertiary/aromatic N) is 3. The van der Waals surface area contributed by atoms with Gasteiger partial charge in [-0.05, 0) is 58.6 Å². The van der Waals surface area contributed by atoms with E-state index in [2.05, 4.69) is 10.3 Å². The number of aryl methyl sites for hydroxylation is 1. The van der Waals surface area contributed by atoms with Gasteiger partial charge in [0.05, 0.1) is 30.3 Å². The number of carbonyl (C=O) groups is 1. The first-order chi connectivity index (χ1) is 15.6. The molecular weight excluding hydrogens is 440 g/mol. The van der Waals surface area contributed by atoms with Gasteiger partial charge in [0.2, 0.25) is 15.0 Å². The predicted octanol–water partition coefficient (Wildman–Crippen LogP) is 3.85. The molecule has 0 spiro atoms. The van der Waals surface area contributed by atoms with Crippen LogP contribution in [0.15, 0.2) is 35.6 Å². The number of sulfone groups is 1. The van der Waals surface area contributed by atoms with E-state index in [1.807, 2.05) is 58.9 Å². The van der Waals surface area contributed by atoms with Crippen LogP contribution in [0, 0.1) is 6.92 Å². The molecule has 3 rings (SSSR count).